The Morgan fingerprint density at radius 2 is 1.90 bits per heavy atom. The van der Waals surface area contributed by atoms with E-state index in [-0.39, 0.29) is 24.2 Å². The zero-order valence-corrected chi connectivity index (χ0v) is 15.9. The molecule has 0 aliphatic rings. The van der Waals surface area contributed by atoms with E-state index in [2.05, 4.69) is 10.9 Å². The number of amides is 2. The van der Waals surface area contributed by atoms with E-state index < -0.39 is 17.4 Å². The zero-order valence-electron chi connectivity index (χ0n) is 15.9. The monoisotopic (exact) mass is 396 g/mol. The minimum Gasteiger partial charge on any atom is -0.507 e. The van der Waals surface area contributed by atoms with Gasteiger partial charge in [-0.25, -0.2) is 4.79 Å². The normalized spacial score (nSPS) is 10.6. The van der Waals surface area contributed by atoms with E-state index in [0.717, 1.165) is 10.9 Å². The van der Waals surface area contributed by atoms with E-state index in [4.69, 9.17) is 9.15 Å². The minimum absolute atomic E-state index is 0.0334. The van der Waals surface area contributed by atoms with Crippen LogP contribution in [0.15, 0.2) is 51.7 Å². The molecule has 0 aliphatic heterocycles. The number of para-hydroxylation sites is 1. The second-order valence-corrected chi connectivity index (χ2v) is 6.37. The first-order chi connectivity index (χ1) is 13.9. The lowest BCUT2D eigenvalue weighted by Crippen LogP contribution is -2.41. The van der Waals surface area contributed by atoms with Crippen molar-refractivity contribution in [3.8, 4) is 11.5 Å². The molecule has 0 atom stereocenters. The van der Waals surface area contributed by atoms with E-state index in [1.54, 1.807) is 37.3 Å². The third kappa shape index (κ3) is 4.37. The van der Waals surface area contributed by atoms with Gasteiger partial charge in [-0.05, 0) is 43.2 Å². The molecule has 3 N–H and O–H groups in total. The Kier molecular flexibility index (Phi) is 5.82. The quantitative estimate of drug-likeness (QED) is 0.450. The predicted molar refractivity (Wildman–Crippen MR) is 106 cm³/mol. The van der Waals surface area contributed by atoms with Crippen molar-refractivity contribution in [3.05, 3.63) is 69.6 Å². The van der Waals surface area contributed by atoms with Gasteiger partial charge in [-0.1, -0.05) is 12.1 Å². The molecule has 0 fully saturated rings. The average molecular weight is 396 g/mol. The number of hydrogen-bond donors (Lipinski definition) is 3. The fourth-order valence-electron chi connectivity index (χ4n) is 2.95. The largest absolute Gasteiger partial charge is 0.507 e. The van der Waals surface area contributed by atoms with E-state index in [1.165, 1.54) is 19.2 Å². The topological polar surface area (TPSA) is 118 Å². The van der Waals surface area contributed by atoms with Crippen LogP contribution < -0.4 is 21.2 Å². The lowest BCUT2D eigenvalue weighted by atomic mass is 10.0. The first-order valence-electron chi connectivity index (χ1n) is 8.88. The molecule has 1 heterocycles. The molecule has 150 valence electrons. The van der Waals surface area contributed by atoms with E-state index in [1.807, 2.05) is 0 Å². The summed E-state index contributed by atoms with van der Waals surface area (Å²) < 4.78 is 10.5. The fourth-order valence-corrected chi connectivity index (χ4v) is 2.95. The lowest BCUT2D eigenvalue weighted by molar-refractivity contribution is -0.121. The maximum Gasteiger partial charge on any atom is 0.339 e. The smallest absolute Gasteiger partial charge is 0.339 e. The fraction of sp³-hybridized carbons (Fsp3) is 0.190. The Morgan fingerprint density at radius 1 is 1.14 bits per heavy atom. The maximum absolute atomic E-state index is 12.3. The number of fused-ring (bicyclic) bond motifs is 1. The molecular formula is C21H20N2O6. The molecule has 0 aliphatic carbocycles. The van der Waals surface area contributed by atoms with Gasteiger partial charge in [0.05, 0.1) is 12.7 Å². The molecule has 0 spiro atoms. The Morgan fingerprint density at radius 3 is 2.62 bits per heavy atom. The number of carbonyl (C=O) groups excluding carboxylic acids is 2. The van der Waals surface area contributed by atoms with Crippen LogP contribution in [0.1, 0.15) is 27.9 Å². The number of aryl methyl sites for hydroxylation is 1. The summed E-state index contributed by atoms with van der Waals surface area (Å²) in [5.74, 6) is -0.748. The third-order valence-corrected chi connectivity index (χ3v) is 4.56. The van der Waals surface area contributed by atoms with Crippen LogP contribution in [-0.4, -0.2) is 24.0 Å². The van der Waals surface area contributed by atoms with Crippen molar-refractivity contribution in [1.82, 2.24) is 10.9 Å². The molecule has 0 saturated heterocycles. The molecule has 3 rings (SSSR count). The van der Waals surface area contributed by atoms with Gasteiger partial charge >= 0.3 is 5.63 Å². The molecule has 3 aromatic rings. The molecule has 8 heteroatoms. The van der Waals surface area contributed by atoms with Gasteiger partial charge in [-0.3, -0.25) is 20.4 Å². The Hall–Kier alpha value is -3.81. The van der Waals surface area contributed by atoms with Crippen LogP contribution in [0.4, 0.5) is 0 Å². The summed E-state index contributed by atoms with van der Waals surface area (Å²) in [5.41, 5.74) is 5.55. The van der Waals surface area contributed by atoms with Crippen molar-refractivity contribution in [3.63, 3.8) is 0 Å². The van der Waals surface area contributed by atoms with Gasteiger partial charge in [0.25, 0.3) is 5.91 Å². The van der Waals surface area contributed by atoms with E-state index >= 15 is 0 Å². The standard InChI is InChI=1S/C21H20N2O6/c1-12-14-8-7-13(28-2)11-18(14)29-21(27)15(12)9-10-19(25)22-23-20(26)16-5-3-4-6-17(16)24/h3-8,11,24H,9-10H2,1-2H3,(H,22,25)(H,23,26). The van der Waals surface area contributed by atoms with Crippen molar-refractivity contribution in [2.24, 2.45) is 0 Å². The molecule has 29 heavy (non-hydrogen) atoms. The predicted octanol–water partition coefficient (Wildman–Crippen LogP) is 2.21. The zero-order chi connectivity index (χ0) is 21.0. The highest BCUT2D eigenvalue weighted by Gasteiger charge is 2.15. The van der Waals surface area contributed by atoms with Crippen molar-refractivity contribution >= 4 is 22.8 Å². The molecule has 2 aromatic carbocycles. The van der Waals surface area contributed by atoms with E-state index in [9.17, 15) is 19.5 Å². The van der Waals surface area contributed by atoms with E-state index in [0.29, 0.717) is 16.9 Å². The Balaban J connectivity index is 1.66. The van der Waals surface area contributed by atoms with Gasteiger partial charge in [-0.2, -0.15) is 0 Å². The van der Waals surface area contributed by atoms with Crippen molar-refractivity contribution in [2.75, 3.05) is 7.11 Å². The number of ether oxygens (including phenoxy) is 1. The van der Waals surface area contributed by atoms with Gasteiger partial charge < -0.3 is 14.3 Å². The van der Waals surface area contributed by atoms with Crippen molar-refractivity contribution in [2.45, 2.75) is 19.8 Å². The number of phenols is 1. The van der Waals surface area contributed by atoms with Crippen LogP contribution >= 0.6 is 0 Å². The van der Waals surface area contributed by atoms with Gasteiger partial charge in [-0.15, -0.1) is 0 Å². The summed E-state index contributed by atoms with van der Waals surface area (Å²) in [6.45, 7) is 1.79. The summed E-state index contributed by atoms with van der Waals surface area (Å²) in [7, 11) is 1.52. The summed E-state index contributed by atoms with van der Waals surface area (Å²) in [4.78, 5) is 36.4. The number of methoxy groups -OCH3 is 1. The summed E-state index contributed by atoms with van der Waals surface area (Å²) in [6, 6.07) is 11.2. The average Bonchev–Trinajstić information content (AvgIpc) is 2.71. The van der Waals surface area contributed by atoms with Crippen LogP contribution in [0, 0.1) is 6.92 Å². The summed E-state index contributed by atoms with van der Waals surface area (Å²) in [6.07, 6.45) is 0.114. The highest BCUT2D eigenvalue weighted by atomic mass is 16.5. The highest BCUT2D eigenvalue weighted by molar-refractivity contribution is 5.97. The number of hydrogen-bond acceptors (Lipinski definition) is 6. The molecule has 0 bridgehead atoms. The van der Waals surface area contributed by atoms with Crippen molar-refractivity contribution < 1.29 is 23.8 Å². The number of carbonyl (C=O) groups is 2. The molecule has 8 nitrogen and oxygen atoms in total. The molecular weight excluding hydrogens is 376 g/mol. The highest BCUT2D eigenvalue weighted by Crippen LogP contribution is 2.24. The van der Waals surface area contributed by atoms with Gasteiger partial charge in [0, 0.05) is 23.4 Å². The Labute approximate surface area is 166 Å². The number of phenolic OH excluding ortho intramolecular Hbond substituents is 1. The molecule has 0 saturated carbocycles. The SMILES string of the molecule is COc1ccc2c(C)c(CCC(=O)NNC(=O)c3ccccc3O)c(=O)oc2c1. The van der Waals surface area contributed by atoms with Crippen LogP contribution in [0.3, 0.4) is 0 Å². The first-order valence-corrected chi connectivity index (χ1v) is 8.88. The number of benzene rings is 2. The molecule has 0 unspecified atom stereocenters. The number of aromatic hydroxyl groups is 1. The molecule has 0 radical (unpaired) electrons. The second-order valence-electron chi connectivity index (χ2n) is 6.37. The first kappa shape index (κ1) is 19.9. The molecule has 2 amide bonds. The summed E-state index contributed by atoms with van der Waals surface area (Å²) >= 11 is 0. The third-order valence-electron chi connectivity index (χ3n) is 4.56. The Bertz CT molecular complexity index is 1140. The van der Waals surface area contributed by atoms with Gasteiger partial charge in [0.2, 0.25) is 5.91 Å². The minimum atomic E-state index is -0.646. The van der Waals surface area contributed by atoms with Crippen LogP contribution in [0.5, 0.6) is 11.5 Å². The number of nitrogens with one attached hydrogen (secondary N) is 2. The second kappa shape index (κ2) is 8.47. The van der Waals surface area contributed by atoms with Gasteiger partial charge in [0.15, 0.2) is 0 Å². The number of hydrazine groups is 1. The van der Waals surface area contributed by atoms with Gasteiger partial charge in [0.1, 0.15) is 17.1 Å². The lowest BCUT2D eigenvalue weighted by Gasteiger charge is -2.10. The molecule has 1 aromatic heterocycles. The van der Waals surface area contributed by atoms with Crippen molar-refractivity contribution in [1.29, 1.82) is 0 Å². The number of rotatable bonds is 5. The maximum atomic E-state index is 12.3. The van der Waals surface area contributed by atoms with Crippen LogP contribution in [0.25, 0.3) is 11.0 Å². The van der Waals surface area contributed by atoms with Crippen LogP contribution in [-0.2, 0) is 11.2 Å². The van der Waals surface area contributed by atoms with Crippen LogP contribution in [0.2, 0.25) is 0 Å². The summed E-state index contributed by atoms with van der Waals surface area (Å²) in [5, 5.41) is 10.4.